The summed E-state index contributed by atoms with van der Waals surface area (Å²) in [4.78, 5) is 19.5. The highest BCUT2D eigenvalue weighted by Gasteiger charge is 2.12. The number of aromatic nitrogens is 4. The van der Waals surface area contributed by atoms with Gasteiger partial charge in [-0.05, 0) is 41.4 Å². The lowest BCUT2D eigenvalue weighted by molar-refractivity contribution is 0.603. The number of H-pyrrole nitrogens is 1. The summed E-state index contributed by atoms with van der Waals surface area (Å²) in [5.41, 5.74) is 1.65. The Bertz CT molecular complexity index is 645. The smallest absolute Gasteiger partial charge is 0.264 e. The molecule has 0 bridgehead atoms. The first kappa shape index (κ1) is 15.2. The molecule has 2 heterocycles. The maximum absolute atomic E-state index is 12.0. The molecule has 108 valence electrons. The van der Waals surface area contributed by atoms with Gasteiger partial charge < -0.3 is 4.98 Å². The molecule has 5 nitrogen and oxygen atoms in total. The lowest BCUT2D eigenvalue weighted by Crippen LogP contribution is -2.17. The first-order chi connectivity index (χ1) is 9.51. The second kappa shape index (κ2) is 6.51. The summed E-state index contributed by atoms with van der Waals surface area (Å²) in [7, 11) is 0. The number of hydrogen-bond donors (Lipinski definition) is 1. The van der Waals surface area contributed by atoms with Crippen molar-refractivity contribution in [1.82, 2.24) is 19.7 Å². The average Bonchev–Trinajstić information content (AvgIpc) is 2.83. The van der Waals surface area contributed by atoms with Crippen LogP contribution >= 0.6 is 22.6 Å². The van der Waals surface area contributed by atoms with E-state index in [0.717, 1.165) is 30.6 Å². The Morgan fingerprint density at radius 3 is 2.85 bits per heavy atom. The number of nitrogens with one attached hydrogen (secondary N) is 1. The van der Waals surface area contributed by atoms with E-state index in [1.807, 2.05) is 10.9 Å². The molecule has 0 radical (unpaired) electrons. The summed E-state index contributed by atoms with van der Waals surface area (Å²) in [5, 5.41) is 4.28. The van der Waals surface area contributed by atoms with Crippen LogP contribution < -0.4 is 5.56 Å². The molecule has 0 unspecified atom stereocenters. The summed E-state index contributed by atoms with van der Waals surface area (Å²) in [6.07, 6.45) is 5.50. The first-order valence-electron chi connectivity index (χ1n) is 6.82. The summed E-state index contributed by atoms with van der Waals surface area (Å²) < 4.78 is 2.55. The summed E-state index contributed by atoms with van der Waals surface area (Å²) in [5.74, 6) is 1.07. The molecule has 0 aliphatic heterocycles. The predicted molar refractivity (Wildman–Crippen MR) is 87.6 cm³/mol. The highest BCUT2D eigenvalue weighted by molar-refractivity contribution is 14.1. The Labute approximate surface area is 132 Å². The lowest BCUT2D eigenvalue weighted by atomic mass is 10.1. The molecule has 0 aromatic carbocycles. The zero-order valence-corrected chi connectivity index (χ0v) is 14.1. The van der Waals surface area contributed by atoms with Gasteiger partial charge in [-0.25, -0.2) is 4.98 Å². The minimum absolute atomic E-state index is 0.0745. The second-order valence-corrected chi connectivity index (χ2v) is 6.34. The minimum atomic E-state index is -0.0745. The van der Waals surface area contributed by atoms with Crippen molar-refractivity contribution >= 4 is 22.6 Å². The van der Waals surface area contributed by atoms with Crippen LogP contribution in [-0.2, 0) is 13.0 Å². The van der Waals surface area contributed by atoms with Crippen molar-refractivity contribution < 1.29 is 0 Å². The molecule has 0 atom stereocenters. The van der Waals surface area contributed by atoms with Crippen molar-refractivity contribution in [1.29, 1.82) is 0 Å². The van der Waals surface area contributed by atoms with Gasteiger partial charge >= 0.3 is 0 Å². The van der Waals surface area contributed by atoms with Gasteiger partial charge in [0.2, 0.25) is 0 Å². The van der Waals surface area contributed by atoms with Crippen molar-refractivity contribution in [3.05, 3.63) is 32.0 Å². The third kappa shape index (κ3) is 3.47. The zero-order chi connectivity index (χ0) is 14.7. The molecular formula is C14H19IN4O. The molecule has 6 heteroatoms. The fraction of sp³-hybridized carbons (Fsp3) is 0.500. The summed E-state index contributed by atoms with van der Waals surface area (Å²) >= 11 is 2.07. The van der Waals surface area contributed by atoms with E-state index < -0.39 is 0 Å². The van der Waals surface area contributed by atoms with Gasteiger partial charge in [0.05, 0.1) is 21.0 Å². The summed E-state index contributed by atoms with van der Waals surface area (Å²) in [6, 6.07) is 0. The van der Waals surface area contributed by atoms with Crippen LogP contribution in [0.3, 0.4) is 0 Å². The number of aromatic amines is 1. The monoisotopic (exact) mass is 386 g/mol. The van der Waals surface area contributed by atoms with Gasteiger partial charge in [-0.1, -0.05) is 20.8 Å². The van der Waals surface area contributed by atoms with Crippen molar-refractivity contribution in [2.45, 2.75) is 40.2 Å². The molecule has 1 N–H and O–H groups in total. The molecule has 0 amide bonds. The molecule has 2 aromatic heterocycles. The normalized spacial score (nSPS) is 11.2. The topological polar surface area (TPSA) is 63.6 Å². The molecule has 0 saturated heterocycles. The highest BCUT2D eigenvalue weighted by atomic mass is 127. The van der Waals surface area contributed by atoms with Gasteiger partial charge in [0.15, 0.2) is 0 Å². The Morgan fingerprint density at radius 1 is 1.45 bits per heavy atom. The average molecular weight is 386 g/mol. The standard InChI is InChI=1S/C14H19IN4O/c1-4-5-19-8-10(7-16-19)13-17-11(6-9(2)3)12(15)14(20)18-13/h7-9H,4-6H2,1-3H3,(H,17,18,20). The highest BCUT2D eigenvalue weighted by Crippen LogP contribution is 2.17. The third-order valence-electron chi connectivity index (χ3n) is 2.89. The Hall–Kier alpha value is -1.18. The zero-order valence-electron chi connectivity index (χ0n) is 12.0. The van der Waals surface area contributed by atoms with Crippen LogP contribution in [0.15, 0.2) is 17.2 Å². The fourth-order valence-corrected chi connectivity index (χ4v) is 2.48. The van der Waals surface area contributed by atoms with Crippen molar-refractivity contribution in [2.24, 2.45) is 5.92 Å². The number of nitrogens with zero attached hydrogens (tertiary/aromatic N) is 3. The number of hydrogen-bond acceptors (Lipinski definition) is 3. The van der Waals surface area contributed by atoms with E-state index in [4.69, 9.17) is 0 Å². The molecule has 2 rings (SSSR count). The van der Waals surface area contributed by atoms with Crippen LogP contribution in [-0.4, -0.2) is 19.7 Å². The molecule has 2 aromatic rings. The Morgan fingerprint density at radius 2 is 2.20 bits per heavy atom. The molecule has 0 spiro atoms. The van der Waals surface area contributed by atoms with E-state index in [1.165, 1.54) is 0 Å². The van der Waals surface area contributed by atoms with Crippen LogP contribution in [0.2, 0.25) is 0 Å². The third-order valence-corrected chi connectivity index (χ3v) is 4.00. The van der Waals surface area contributed by atoms with E-state index in [9.17, 15) is 4.79 Å². The molecule has 20 heavy (non-hydrogen) atoms. The molecular weight excluding hydrogens is 367 g/mol. The Balaban J connectivity index is 2.40. The molecule has 0 fully saturated rings. The van der Waals surface area contributed by atoms with Crippen molar-refractivity contribution in [3.8, 4) is 11.4 Å². The van der Waals surface area contributed by atoms with Gasteiger partial charge in [0, 0.05) is 12.7 Å². The predicted octanol–water partition coefficient (Wildman–Crippen LogP) is 2.85. The van der Waals surface area contributed by atoms with Gasteiger partial charge in [-0.3, -0.25) is 9.48 Å². The van der Waals surface area contributed by atoms with E-state index >= 15 is 0 Å². The van der Waals surface area contributed by atoms with E-state index in [1.54, 1.807) is 6.20 Å². The number of aryl methyl sites for hydroxylation is 1. The number of halogens is 1. The molecule has 0 saturated carbocycles. The first-order valence-corrected chi connectivity index (χ1v) is 7.90. The maximum atomic E-state index is 12.0. The Kier molecular flexibility index (Phi) is 4.95. The van der Waals surface area contributed by atoms with Gasteiger partial charge in [-0.2, -0.15) is 5.10 Å². The SMILES string of the molecule is CCCn1cc(-c2nc(CC(C)C)c(I)c(=O)[nH]2)cn1. The van der Waals surface area contributed by atoms with Crippen molar-refractivity contribution in [2.75, 3.05) is 0 Å². The maximum Gasteiger partial charge on any atom is 0.264 e. The number of rotatable bonds is 5. The van der Waals surface area contributed by atoms with Crippen molar-refractivity contribution in [3.63, 3.8) is 0 Å². The second-order valence-electron chi connectivity index (χ2n) is 5.27. The minimum Gasteiger partial charge on any atom is -0.306 e. The van der Waals surface area contributed by atoms with Crippen LogP contribution in [0.25, 0.3) is 11.4 Å². The van der Waals surface area contributed by atoms with E-state index in [2.05, 4.69) is 58.4 Å². The van der Waals surface area contributed by atoms with Crippen LogP contribution in [0, 0.1) is 9.49 Å². The van der Waals surface area contributed by atoms with Crippen LogP contribution in [0.4, 0.5) is 0 Å². The van der Waals surface area contributed by atoms with Crippen LogP contribution in [0.5, 0.6) is 0 Å². The van der Waals surface area contributed by atoms with E-state index in [-0.39, 0.29) is 5.56 Å². The van der Waals surface area contributed by atoms with Gasteiger partial charge in [0.1, 0.15) is 5.82 Å². The van der Waals surface area contributed by atoms with Crippen LogP contribution in [0.1, 0.15) is 32.9 Å². The fourth-order valence-electron chi connectivity index (χ4n) is 2.00. The quantitative estimate of drug-likeness (QED) is 0.804. The lowest BCUT2D eigenvalue weighted by Gasteiger charge is -2.07. The largest absolute Gasteiger partial charge is 0.306 e. The van der Waals surface area contributed by atoms with Gasteiger partial charge in [0.25, 0.3) is 5.56 Å². The van der Waals surface area contributed by atoms with Gasteiger partial charge in [-0.15, -0.1) is 0 Å². The van der Waals surface area contributed by atoms with E-state index in [0.29, 0.717) is 15.3 Å². The molecule has 0 aliphatic carbocycles. The molecule has 0 aliphatic rings. The summed E-state index contributed by atoms with van der Waals surface area (Å²) in [6.45, 7) is 7.22.